The molecule has 0 unspecified atom stereocenters. The molecule has 2 fully saturated rings. The first kappa shape index (κ1) is 22.9. The van der Waals surface area contributed by atoms with Gasteiger partial charge in [0, 0.05) is 42.3 Å². The van der Waals surface area contributed by atoms with E-state index in [1.807, 2.05) is 53.2 Å². The van der Waals surface area contributed by atoms with Crippen LogP contribution < -0.4 is 0 Å². The second kappa shape index (κ2) is 9.80. The van der Waals surface area contributed by atoms with Crippen molar-refractivity contribution in [2.45, 2.75) is 25.8 Å². The summed E-state index contributed by atoms with van der Waals surface area (Å²) in [5.41, 5.74) is 3.29. The van der Waals surface area contributed by atoms with Gasteiger partial charge >= 0.3 is 0 Å². The molecule has 0 N–H and O–H groups in total. The fourth-order valence-corrected chi connectivity index (χ4v) is 5.46. The summed E-state index contributed by atoms with van der Waals surface area (Å²) in [5, 5.41) is 9.98. The summed E-state index contributed by atoms with van der Waals surface area (Å²) < 4.78 is 2.04. The van der Waals surface area contributed by atoms with E-state index < -0.39 is 11.1 Å². The van der Waals surface area contributed by atoms with Crippen LogP contribution in [0.5, 0.6) is 0 Å². The van der Waals surface area contributed by atoms with Crippen molar-refractivity contribution in [3.63, 3.8) is 0 Å². The lowest BCUT2D eigenvalue weighted by Crippen LogP contribution is -2.44. The Morgan fingerprint density at radius 1 is 1.03 bits per heavy atom. The summed E-state index contributed by atoms with van der Waals surface area (Å²) >= 11 is 0.869. The van der Waals surface area contributed by atoms with Crippen LogP contribution in [0.15, 0.2) is 59.6 Å². The number of fused-ring (bicyclic) bond motifs is 1. The molecule has 3 heterocycles. The van der Waals surface area contributed by atoms with Crippen LogP contribution in [-0.4, -0.2) is 51.1 Å². The molecule has 0 bridgehead atoms. The van der Waals surface area contributed by atoms with Gasteiger partial charge in [-0.2, -0.15) is 5.26 Å². The van der Waals surface area contributed by atoms with Crippen molar-refractivity contribution < 1.29 is 14.4 Å². The first-order valence-corrected chi connectivity index (χ1v) is 12.5. The van der Waals surface area contributed by atoms with Gasteiger partial charge in [-0.3, -0.25) is 19.3 Å². The second-order valence-electron chi connectivity index (χ2n) is 8.71. The highest BCUT2D eigenvalue weighted by molar-refractivity contribution is 8.18. The minimum absolute atomic E-state index is 0.180. The van der Waals surface area contributed by atoms with Crippen molar-refractivity contribution in [3.05, 3.63) is 76.3 Å². The molecular weight excluding hydrogens is 460 g/mol. The number of hydrogen-bond acceptors (Lipinski definition) is 5. The first-order valence-electron chi connectivity index (χ1n) is 11.6. The van der Waals surface area contributed by atoms with Crippen LogP contribution in [0.25, 0.3) is 17.0 Å². The lowest BCUT2D eigenvalue weighted by Gasteiger charge is -2.27. The average Bonchev–Trinajstić information content (AvgIpc) is 3.36. The fourth-order valence-electron chi connectivity index (χ4n) is 4.63. The predicted molar refractivity (Wildman–Crippen MR) is 135 cm³/mol. The van der Waals surface area contributed by atoms with Crippen molar-refractivity contribution in [1.82, 2.24) is 14.4 Å². The van der Waals surface area contributed by atoms with E-state index in [2.05, 4.69) is 6.07 Å². The number of piperidine rings is 1. The molecule has 176 valence electrons. The smallest absolute Gasteiger partial charge is 0.294 e. The Morgan fingerprint density at radius 3 is 2.57 bits per heavy atom. The van der Waals surface area contributed by atoms with Gasteiger partial charge in [0.2, 0.25) is 5.91 Å². The summed E-state index contributed by atoms with van der Waals surface area (Å²) in [7, 11) is 0. The highest BCUT2D eigenvalue weighted by Crippen LogP contribution is 2.34. The third-order valence-electron chi connectivity index (χ3n) is 6.46. The molecule has 3 aromatic rings. The molecule has 0 atom stereocenters. The molecule has 35 heavy (non-hydrogen) atoms. The number of nitriles is 1. The van der Waals surface area contributed by atoms with Crippen molar-refractivity contribution in [2.75, 3.05) is 19.6 Å². The number of rotatable bonds is 5. The van der Waals surface area contributed by atoms with Crippen LogP contribution in [0.3, 0.4) is 0 Å². The number of carbonyl (C=O) groups excluding carboxylic acids is 3. The Kier molecular flexibility index (Phi) is 6.43. The third kappa shape index (κ3) is 4.60. The van der Waals surface area contributed by atoms with Gasteiger partial charge in [0.1, 0.15) is 6.54 Å². The largest absolute Gasteiger partial charge is 0.342 e. The monoisotopic (exact) mass is 484 g/mol. The molecule has 5 rings (SSSR count). The molecule has 2 aromatic carbocycles. The summed E-state index contributed by atoms with van der Waals surface area (Å²) in [6, 6.07) is 17.5. The molecule has 0 spiro atoms. The van der Waals surface area contributed by atoms with Crippen LogP contribution in [0.1, 0.15) is 36.0 Å². The lowest BCUT2D eigenvalue weighted by atomic mass is 10.1. The van der Waals surface area contributed by atoms with Crippen molar-refractivity contribution in [2.24, 2.45) is 0 Å². The Bertz CT molecular complexity index is 1390. The van der Waals surface area contributed by atoms with E-state index in [-0.39, 0.29) is 12.5 Å². The van der Waals surface area contributed by atoms with E-state index >= 15 is 0 Å². The van der Waals surface area contributed by atoms with E-state index in [1.165, 1.54) is 0 Å². The summed E-state index contributed by atoms with van der Waals surface area (Å²) in [6.45, 7) is 1.65. The SMILES string of the molecule is N#Cc1ccccc1Cn1cc(/C=C2\SC(=O)N(CC(=O)N3CCCCC3)C2=O)c2ccccc21. The van der Waals surface area contributed by atoms with Gasteiger partial charge in [0.15, 0.2) is 0 Å². The maximum atomic E-state index is 13.1. The number of thioether (sulfide) groups is 1. The molecule has 3 amide bonds. The highest BCUT2D eigenvalue weighted by atomic mass is 32.2. The Labute approximate surface area is 207 Å². The quantitative estimate of drug-likeness (QED) is 0.494. The number of benzene rings is 2. The van der Waals surface area contributed by atoms with Gasteiger partial charge in [0.25, 0.3) is 11.1 Å². The van der Waals surface area contributed by atoms with E-state index in [0.717, 1.165) is 58.0 Å². The number of para-hydroxylation sites is 1. The van der Waals surface area contributed by atoms with Crippen LogP contribution in [-0.2, 0) is 16.1 Å². The van der Waals surface area contributed by atoms with Crippen LogP contribution >= 0.6 is 11.8 Å². The fraction of sp³-hybridized carbons (Fsp3) is 0.259. The maximum Gasteiger partial charge on any atom is 0.294 e. The molecule has 0 saturated carbocycles. The van der Waals surface area contributed by atoms with Crippen molar-refractivity contribution in [3.8, 4) is 6.07 Å². The zero-order valence-electron chi connectivity index (χ0n) is 19.1. The number of aromatic nitrogens is 1. The minimum Gasteiger partial charge on any atom is -0.342 e. The summed E-state index contributed by atoms with van der Waals surface area (Å²) in [4.78, 5) is 41.4. The third-order valence-corrected chi connectivity index (χ3v) is 7.37. The lowest BCUT2D eigenvalue weighted by molar-refractivity contribution is -0.136. The summed E-state index contributed by atoms with van der Waals surface area (Å²) in [5.74, 6) is -0.613. The van der Waals surface area contributed by atoms with Crippen LogP contribution in [0.4, 0.5) is 4.79 Å². The van der Waals surface area contributed by atoms with Crippen LogP contribution in [0.2, 0.25) is 0 Å². The molecule has 2 aliphatic rings. The van der Waals surface area contributed by atoms with Gasteiger partial charge < -0.3 is 9.47 Å². The predicted octanol–water partition coefficient (Wildman–Crippen LogP) is 4.61. The first-order chi connectivity index (χ1) is 17.0. The molecule has 1 aromatic heterocycles. The molecule has 8 heteroatoms. The number of likely N-dealkylation sites (tertiary alicyclic amines) is 1. The number of amides is 3. The topological polar surface area (TPSA) is 86.4 Å². The maximum absolute atomic E-state index is 13.1. The van der Waals surface area contributed by atoms with E-state index in [0.29, 0.717) is 30.1 Å². The summed E-state index contributed by atoms with van der Waals surface area (Å²) in [6.07, 6.45) is 6.67. The van der Waals surface area contributed by atoms with Crippen LogP contribution in [0, 0.1) is 11.3 Å². The number of imide groups is 1. The molecule has 2 saturated heterocycles. The minimum atomic E-state index is -0.433. The zero-order valence-corrected chi connectivity index (χ0v) is 20.0. The molecular formula is C27H24N4O3S. The Hall–Kier alpha value is -3.83. The van der Waals surface area contributed by atoms with E-state index in [1.54, 1.807) is 17.0 Å². The molecule has 7 nitrogen and oxygen atoms in total. The molecule has 0 aliphatic carbocycles. The molecule has 2 aliphatic heterocycles. The van der Waals surface area contributed by atoms with E-state index in [4.69, 9.17) is 0 Å². The second-order valence-corrected chi connectivity index (χ2v) is 9.70. The Balaban J connectivity index is 1.42. The number of hydrogen-bond donors (Lipinski definition) is 0. The van der Waals surface area contributed by atoms with Gasteiger partial charge in [-0.05, 0) is 54.8 Å². The molecule has 0 radical (unpaired) electrons. The Morgan fingerprint density at radius 2 is 1.77 bits per heavy atom. The van der Waals surface area contributed by atoms with Gasteiger partial charge in [-0.15, -0.1) is 0 Å². The highest BCUT2D eigenvalue weighted by Gasteiger charge is 2.37. The average molecular weight is 485 g/mol. The number of nitrogens with zero attached hydrogens (tertiary/aromatic N) is 4. The number of carbonyl (C=O) groups is 3. The van der Waals surface area contributed by atoms with Gasteiger partial charge in [0.05, 0.1) is 16.5 Å². The standard InChI is InChI=1S/C27H24N4O3S/c28-15-19-8-2-3-9-20(19)16-30-17-21(22-10-4-5-11-23(22)30)14-24-26(33)31(27(34)35-24)18-25(32)29-12-6-1-7-13-29/h2-5,8-11,14,17H,1,6-7,12-13,16,18H2/b24-14-. The normalized spacial score (nSPS) is 17.4. The van der Waals surface area contributed by atoms with E-state index in [9.17, 15) is 19.6 Å². The van der Waals surface area contributed by atoms with Gasteiger partial charge in [-0.25, -0.2) is 0 Å². The van der Waals surface area contributed by atoms with Crippen molar-refractivity contribution in [1.29, 1.82) is 5.26 Å². The van der Waals surface area contributed by atoms with Crippen molar-refractivity contribution >= 4 is 45.8 Å². The van der Waals surface area contributed by atoms with Gasteiger partial charge in [-0.1, -0.05) is 36.4 Å². The zero-order chi connectivity index (χ0) is 24.4.